The summed E-state index contributed by atoms with van der Waals surface area (Å²) in [7, 11) is 0. The molecule has 3 heterocycles. The van der Waals surface area contributed by atoms with Crippen LogP contribution in [0, 0.1) is 6.92 Å². The molecule has 1 aliphatic heterocycles. The van der Waals surface area contributed by atoms with Crippen LogP contribution < -0.4 is 4.90 Å². The molecule has 1 N–H and O–H groups in total. The number of piperazine rings is 1. The van der Waals surface area contributed by atoms with Crippen molar-refractivity contribution >= 4 is 23.0 Å². The molecule has 0 bridgehead atoms. The Balaban J connectivity index is 1.43. The second-order valence-corrected chi connectivity index (χ2v) is 7.11. The lowest BCUT2D eigenvalue weighted by molar-refractivity contribution is 0.0739. The number of benzene rings is 1. The van der Waals surface area contributed by atoms with E-state index in [0.29, 0.717) is 43.8 Å². The number of oxazole rings is 1. The van der Waals surface area contributed by atoms with Crippen molar-refractivity contribution < 1.29 is 9.21 Å². The minimum Gasteiger partial charge on any atom is -0.423 e. The van der Waals surface area contributed by atoms with E-state index in [4.69, 9.17) is 4.42 Å². The first-order valence-electron chi connectivity index (χ1n) is 8.98. The largest absolute Gasteiger partial charge is 0.423 e. The van der Waals surface area contributed by atoms with Crippen LogP contribution in [0.1, 0.15) is 41.5 Å². The average molecular weight is 353 g/mol. The number of anilines is 1. The number of fused-ring (bicyclic) bond motifs is 1. The van der Waals surface area contributed by atoms with Crippen molar-refractivity contribution in [1.82, 2.24) is 20.1 Å². The Labute approximate surface area is 152 Å². The molecular weight excluding hydrogens is 330 g/mol. The van der Waals surface area contributed by atoms with Gasteiger partial charge in [0.2, 0.25) is 0 Å². The number of amides is 1. The number of carbonyl (C=O) groups is 1. The number of hydrogen-bond donors (Lipinski definition) is 1. The molecule has 7 heteroatoms. The highest BCUT2D eigenvalue weighted by Gasteiger charge is 2.26. The van der Waals surface area contributed by atoms with Crippen LogP contribution in [0.4, 0.5) is 6.01 Å². The number of nitrogens with one attached hydrogen (secondary N) is 1. The first-order valence-corrected chi connectivity index (χ1v) is 8.98. The normalized spacial score (nSPS) is 15.2. The molecule has 0 unspecified atom stereocenters. The number of aryl methyl sites for hydroxylation is 1. The molecule has 1 amide bonds. The molecule has 0 saturated carbocycles. The van der Waals surface area contributed by atoms with Gasteiger partial charge in [0, 0.05) is 31.9 Å². The van der Waals surface area contributed by atoms with Crippen LogP contribution in [0.2, 0.25) is 0 Å². The van der Waals surface area contributed by atoms with E-state index in [-0.39, 0.29) is 5.91 Å². The van der Waals surface area contributed by atoms with E-state index in [0.717, 1.165) is 22.4 Å². The van der Waals surface area contributed by atoms with Crippen LogP contribution in [0.15, 0.2) is 28.7 Å². The van der Waals surface area contributed by atoms with E-state index in [1.54, 1.807) is 0 Å². The molecular formula is C19H23N5O2. The molecule has 0 atom stereocenters. The minimum absolute atomic E-state index is 0.0269. The number of carbonyl (C=O) groups excluding carboxylic acids is 1. The standard InChI is InChI=1S/C19H23N5O2/c1-12(2)14-11-16(22-21-14)18(25)23-6-8-24(9-7-23)19-20-15-10-13(3)4-5-17(15)26-19/h4-5,10-12H,6-9H2,1-3H3,(H,21,22). The highest BCUT2D eigenvalue weighted by atomic mass is 16.4. The number of nitrogens with zero attached hydrogens (tertiary/aromatic N) is 4. The summed E-state index contributed by atoms with van der Waals surface area (Å²) in [4.78, 5) is 21.2. The van der Waals surface area contributed by atoms with E-state index >= 15 is 0 Å². The topological polar surface area (TPSA) is 78.3 Å². The van der Waals surface area contributed by atoms with E-state index < -0.39 is 0 Å². The lowest BCUT2D eigenvalue weighted by Gasteiger charge is -2.33. The zero-order valence-corrected chi connectivity index (χ0v) is 15.3. The van der Waals surface area contributed by atoms with Crippen molar-refractivity contribution in [2.24, 2.45) is 0 Å². The molecule has 1 aromatic carbocycles. The summed E-state index contributed by atoms with van der Waals surface area (Å²) in [6, 6.07) is 8.46. The Bertz CT molecular complexity index is 934. The highest BCUT2D eigenvalue weighted by Crippen LogP contribution is 2.24. The number of H-pyrrole nitrogens is 1. The van der Waals surface area contributed by atoms with Gasteiger partial charge >= 0.3 is 0 Å². The molecule has 0 aliphatic carbocycles. The summed E-state index contributed by atoms with van der Waals surface area (Å²) in [5, 5.41) is 7.11. The number of rotatable bonds is 3. The molecule has 7 nitrogen and oxygen atoms in total. The number of aromatic nitrogens is 3. The van der Waals surface area contributed by atoms with E-state index in [1.165, 1.54) is 0 Å². The van der Waals surface area contributed by atoms with Crippen molar-refractivity contribution in [2.75, 3.05) is 31.1 Å². The molecule has 3 aromatic rings. The molecule has 4 rings (SSSR count). The second kappa shape index (κ2) is 6.48. The average Bonchev–Trinajstić information content (AvgIpc) is 3.28. The van der Waals surface area contributed by atoms with Crippen molar-refractivity contribution in [3.63, 3.8) is 0 Å². The Morgan fingerprint density at radius 3 is 2.65 bits per heavy atom. The van der Waals surface area contributed by atoms with E-state index in [1.807, 2.05) is 36.1 Å². The van der Waals surface area contributed by atoms with Crippen LogP contribution >= 0.6 is 0 Å². The molecule has 2 aromatic heterocycles. The van der Waals surface area contributed by atoms with Gasteiger partial charge in [0.15, 0.2) is 5.58 Å². The third kappa shape index (κ3) is 3.05. The fourth-order valence-corrected chi connectivity index (χ4v) is 3.17. The lowest BCUT2D eigenvalue weighted by Crippen LogP contribution is -2.49. The number of hydrogen-bond acceptors (Lipinski definition) is 5. The van der Waals surface area contributed by atoms with Gasteiger partial charge < -0.3 is 14.2 Å². The zero-order valence-electron chi connectivity index (χ0n) is 15.3. The first kappa shape index (κ1) is 16.6. The molecule has 1 fully saturated rings. The van der Waals surface area contributed by atoms with E-state index in [2.05, 4.69) is 33.9 Å². The van der Waals surface area contributed by atoms with Gasteiger partial charge in [0.1, 0.15) is 11.2 Å². The summed E-state index contributed by atoms with van der Waals surface area (Å²) in [6.45, 7) is 8.82. The quantitative estimate of drug-likeness (QED) is 0.783. The van der Waals surface area contributed by atoms with Crippen LogP contribution in [0.3, 0.4) is 0 Å². The predicted octanol–water partition coefficient (Wildman–Crippen LogP) is 2.95. The van der Waals surface area contributed by atoms with E-state index in [9.17, 15) is 4.79 Å². The van der Waals surface area contributed by atoms with Crippen molar-refractivity contribution in [2.45, 2.75) is 26.7 Å². The Morgan fingerprint density at radius 2 is 1.96 bits per heavy atom. The maximum atomic E-state index is 12.6. The highest BCUT2D eigenvalue weighted by molar-refractivity contribution is 5.92. The Kier molecular flexibility index (Phi) is 4.14. The van der Waals surface area contributed by atoms with Gasteiger partial charge in [0.25, 0.3) is 11.9 Å². The molecule has 1 saturated heterocycles. The van der Waals surface area contributed by atoms with Crippen LogP contribution in [0.5, 0.6) is 0 Å². The van der Waals surface area contributed by atoms with Crippen molar-refractivity contribution in [3.05, 3.63) is 41.2 Å². The summed E-state index contributed by atoms with van der Waals surface area (Å²) in [5.74, 6) is 0.296. The molecule has 1 aliphatic rings. The molecule has 0 radical (unpaired) electrons. The first-order chi connectivity index (χ1) is 12.5. The van der Waals surface area contributed by atoms with Gasteiger partial charge in [0.05, 0.1) is 0 Å². The Morgan fingerprint density at radius 1 is 1.19 bits per heavy atom. The van der Waals surface area contributed by atoms with Crippen LogP contribution in [0.25, 0.3) is 11.1 Å². The van der Waals surface area contributed by atoms with Crippen LogP contribution in [-0.2, 0) is 0 Å². The van der Waals surface area contributed by atoms with Gasteiger partial charge in [-0.1, -0.05) is 19.9 Å². The summed E-state index contributed by atoms with van der Waals surface area (Å²) in [6.07, 6.45) is 0. The third-order valence-corrected chi connectivity index (χ3v) is 4.81. The van der Waals surface area contributed by atoms with Crippen LogP contribution in [-0.4, -0.2) is 52.2 Å². The molecule has 26 heavy (non-hydrogen) atoms. The predicted molar refractivity (Wildman–Crippen MR) is 99.5 cm³/mol. The minimum atomic E-state index is -0.0269. The van der Waals surface area contributed by atoms with Gasteiger partial charge in [-0.25, -0.2) is 0 Å². The summed E-state index contributed by atoms with van der Waals surface area (Å²) in [5.41, 5.74) is 4.29. The second-order valence-electron chi connectivity index (χ2n) is 7.11. The zero-order chi connectivity index (χ0) is 18.3. The molecule has 136 valence electrons. The summed E-state index contributed by atoms with van der Waals surface area (Å²) >= 11 is 0. The van der Waals surface area contributed by atoms with Crippen molar-refractivity contribution in [1.29, 1.82) is 0 Å². The van der Waals surface area contributed by atoms with Gasteiger partial charge in [-0.2, -0.15) is 10.1 Å². The Hall–Kier alpha value is -2.83. The van der Waals surface area contributed by atoms with Gasteiger partial charge in [-0.05, 0) is 36.6 Å². The smallest absolute Gasteiger partial charge is 0.298 e. The monoisotopic (exact) mass is 353 g/mol. The molecule has 0 spiro atoms. The van der Waals surface area contributed by atoms with Gasteiger partial charge in [-0.15, -0.1) is 0 Å². The maximum Gasteiger partial charge on any atom is 0.298 e. The number of aromatic amines is 1. The third-order valence-electron chi connectivity index (χ3n) is 4.81. The van der Waals surface area contributed by atoms with Gasteiger partial charge in [-0.3, -0.25) is 9.89 Å². The maximum absolute atomic E-state index is 12.6. The SMILES string of the molecule is Cc1ccc2oc(N3CCN(C(=O)c4cc(C(C)C)[nH]n4)CC3)nc2c1. The fourth-order valence-electron chi connectivity index (χ4n) is 3.17. The summed E-state index contributed by atoms with van der Waals surface area (Å²) < 4.78 is 5.87. The fraction of sp³-hybridized carbons (Fsp3) is 0.421. The van der Waals surface area contributed by atoms with Crippen molar-refractivity contribution in [3.8, 4) is 0 Å². The lowest BCUT2D eigenvalue weighted by atomic mass is 10.1.